The fourth-order valence-corrected chi connectivity index (χ4v) is 1.50. The predicted molar refractivity (Wildman–Crippen MR) is 78.1 cm³/mol. The van der Waals surface area contributed by atoms with Crippen molar-refractivity contribution in [2.24, 2.45) is 0 Å². The number of amides is 1. The highest BCUT2D eigenvalue weighted by Gasteiger charge is 2.17. The molecule has 0 unspecified atom stereocenters. The van der Waals surface area contributed by atoms with Crippen LogP contribution in [0.3, 0.4) is 0 Å². The van der Waals surface area contributed by atoms with Crippen LogP contribution < -0.4 is 10.2 Å². The van der Waals surface area contributed by atoms with Crippen molar-refractivity contribution in [1.82, 2.24) is 5.32 Å². The molecule has 0 fully saturated rings. The molecule has 0 aliphatic rings. The molecule has 2 N–H and O–H groups in total. The zero-order valence-electron chi connectivity index (χ0n) is 12.1. The molecule has 1 aromatic carbocycles. The summed E-state index contributed by atoms with van der Waals surface area (Å²) in [4.78, 5) is 13.6. The quantitative estimate of drug-likeness (QED) is 0.653. The molecule has 0 heterocycles. The zero-order chi connectivity index (χ0) is 15.3. The van der Waals surface area contributed by atoms with Crippen molar-refractivity contribution in [2.45, 2.75) is 26.3 Å². The van der Waals surface area contributed by atoms with Gasteiger partial charge in [0.25, 0.3) is 5.91 Å². The smallest absolute Gasteiger partial charge is 0.263 e. The van der Waals surface area contributed by atoms with E-state index in [0.29, 0.717) is 0 Å². The lowest BCUT2D eigenvalue weighted by Gasteiger charge is -2.21. The van der Waals surface area contributed by atoms with Crippen molar-refractivity contribution < 1.29 is 9.90 Å². The summed E-state index contributed by atoms with van der Waals surface area (Å²) in [5, 5.41) is 21.1. The maximum atomic E-state index is 11.9. The Morgan fingerprint density at radius 1 is 1.35 bits per heavy atom. The fourth-order valence-electron chi connectivity index (χ4n) is 1.50. The molecule has 0 aromatic heterocycles. The van der Waals surface area contributed by atoms with E-state index in [9.17, 15) is 9.90 Å². The number of rotatable bonds is 3. The van der Waals surface area contributed by atoms with E-state index in [-0.39, 0.29) is 11.3 Å². The van der Waals surface area contributed by atoms with Crippen molar-refractivity contribution in [3.63, 3.8) is 0 Å². The predicted octanol–water partition coefficient (Wildman–Crippen LogP) is 2.15. The summed E-state index contributed by atoms with van der Waals surface area (Å²) in [6.07, 6.45) is 1.47. The lowest BCUT2D eigenvalue weighted by Crippen LogP contribution is -2.41. The van der Waals surface area contributed by atoms with Crippen LogP contribution in [0.15, 0.2) is 36.0 Å². The highest BCUT2D eigenvalue weighted by molar-refractivity contribution is 5.98. The first-order valence-electron chi connectivity index (χ1n) is 6.19. The summed E-state index contributed by atoms with van der Waals surface area (Å²) in [5.41, 5.74) is 0.388. The van der Waals surface area contributed by atoms with E-state index in [1.807, 2.05) is 26.8 Å². The first-order chi connectivity index (χ1) is 9.23. The van der Waals surface area contributed by atoms with E-state index in [4.69, 9.17) is 5.26 Å². The van der Waals surface area contributed by atoms with Crippen molar-refractivity contribution in [1.29, 1.82) is 5.26 Å². The molecule has 0 spiro atoms. The second-order valence-electron chi connectivity index (χ2n) is 5.49. The highest BCUT2D eigenvalue weighted by atomic mass is 16.3. The summed E-state index contributed by atoms with van der Waals surface area (Å²) >= 11 is 0. The SMILES string of the molecule is CN(/C=C(/C#N)C(=O)NC(C)(C)C)c1ccc(O)cc1. The number of phenols is 1. The maximum absolute atomic E-state index is 11.9. The molecule has 0 aliphatic carbocycles. The van der Waals surface area contributed by atoms with Gasteiger partial charge in [-0.05, 0) is 45.0 Å². The Bertz CT molecular complexity index is 548. The topological polar surface area (TPSA) is 76.4 Å². The van der Waals surface area contributed by atoms with Crippen LogP contribution >= 0.6 is 0 Å². The van der Waals surface area contributed by atoms with Crippen LogP contribution in [0.5, 0.6) is 5.75 Å². The third kappa shape index (κ3) is 4.65. The summed E-state index contributed by atoms with van der Waals surface area (Å²) in [6.45, 7) is 5.55. The molecular weight excluding hydrogens is 254 g/mol. The highest BCUT2D eigenvalue weighted by Crippen LogP contribution is 2.18. The lowest BCUT2D eigenvalue weighted by molar-refractivity contribution is -0.118. The van der Waals surface area contributed by atoms with E-state index in [1.54, 1.807) is 36.2 Å². The van der Waals surface area contributed by atoms with Gasteiger partial charge in [0.15, 0.2) is 0 Å². The van der Waals surface area contributed by atoms with E-state index >= 15 is 0 Å². The molecule has 0 saturated carbocycles. The molecule has 106 valence electrons. The van der Waals surface area contributed by atoms with Gasteiger partial charge in [0, 0.05) is 24.5 Å². The van der Waals surface area contributed by atoms with Crippen molar-refractivity contribution in [3.05, 3.63) is 36.0 Å². The second kappa shape index (κ2) is 6.11. The number of aromatic hydroxyl groups is 1. The molecule has 1 rings (SSSR count). The van der Waals surface area contributed by atoms with Gasteiger partial charge in [-0.1, -0.05) is 0 Å². The molecule has 0 atom stereocenters. The van der Waals surface area contributed by atoms with Crippen LogP contribution in [-0.4, -0.2) is 23.6 Å². The standard InChI is InChI=1S/C15H19N3O2/c1-15(2,3)17-14(20)11(9-16)10-18(4)12-5-7-13(19)8-6-12/h5-8,10,19H,1-4H3,(H,17,20)/b11-10-. The van der Waals surface area contributed by atoms with Gasteiger partial charge in [-0.15, -0.1) is 0 Å². The Morgan fingerprint density at radius 3 is 2.35 bits per heavy atom. The van der Waals surface area contributed by atoms with E-state index in [1.165, 1.54) is 6.20 Å². The van der Waals surface area contributed by atoms with Crippen LogP contribution in [0.2, 0.25) is 0 Å². The molecule has 0 aliphatic heterocycles. The van der Waals surface area contributed by atoms with Gasteiger partial charge in [-0.2, -0.15) is 5.26 Å². The van der Waals surface area contributed by atoms with Gasteiger partial charge in [0.05, 0.1) is 0 Å². The van der Waals surface area contributed by atoms with Gasteiger partial charge in [-0.3, -0.25) is 4.79 Å². The third-order valence-corrected chi connectivity index (χ3v) is 2.43. The molecule has 0 radical (unpaired) electrons. The minimum Gasteiger partial charge on any atom is -0.508 e. The largest absolute Gasteiger partial charge is 0.508 e. The van der Waals surface area contributed by atoms with Gasteiger partial charge in [-0.25, -0.2) is 0 Å². The first kappa shape index (κ1) is 15.6. The zero-order valence-corrected chi connectivity index (χ0v) is 12.1. The van der Waals surface area contributed by atoms with Crippen molar-refractivity contribution in [3.8, 4) is 11.8 Å². The molecule has 0 saturated heterocycles. The average Bonchev–Trinajstić information content (AvgIpc) is 2.34. The van der Waals surface area contributed by atoms with Crippen molar-refractivity contribution >= 4 is 11.6 Å². The number of carbonyl (C=O) groups excluding carboxylic acids is 1. The van der Waals surface area contributed by atoms with Crippen LogP contribution in [0, 0.1) is 11.3 Å². The minimum absolute atomic E-state index is 0.0236. The molecule has 5 nitrogen and oxygen atoms in total. The summed E-state index contributed by atoms with van der Waals surface area (Å²) < 4.78 is 0. The molecular formula is C15H19N3O2. The minimum atomic E-state index is -0.411. The molecule has 20 heavy (non-hydrogen) atoms. The van der Waals surface area contributed by atoms with Gasteiger partial charge in [0.1, 0.15) is 17.4 Å². The number of phenolic OH excluding ortho intramolecular Hbond substituents is 1. The number of nitrogens with one attached hydrogen (secondary N) is 1. The molecule has 1 amide bonds. The second-order valence-corrected chi connectivity index (χ2v) is 5.49. The van der Waals surface area contributed by atoms with E-state index < -0.39 is 11.4 Å². The fraction of sp³-hybridized carbons (Fsp3) is 0.333. The maximum Gasteiger partial charge on any atom is 0.263 e. The number of nitriles is 1. The number of carbonyl (C=O) groups is 1. The molecule has 1 aromatic rings. The Balaban J connectivity index is 2.91. The lowest BCUT2D eigenvalue weighted by atomic mass is 10.1. The summed E-state index contributed by atoms with van der Waals surface area (Å²) in [5.74, 6) is -0.247. The average molecular weight is 273 g/mol. The Hall–Kier alpha value is -2.48. The number of hydrogen-bond acceptors (Lipinski definition) is 4. The summed E-state index contributed by atoms with van der Waals surface area (Å²) in [7, 11) is 1.73. The van der Waals surface area contributed by atoms with Crippen LogP contribution in [0.4, 0.5) is 5.69 Å². The number of benzene rings is 1. The molecule has 0 bridgehead atoms. The first-order valence-corrected chi connectivity index (χ1v) is 6.19. The van der Waals surface area contributed by atoms with E-state index in [2.05, 4.69) is 5.32 Å². The number of nitrogens with zero attached hydrogens (tertiary/aromatic N) is 2. The number of anilines is 1. The summed E-state index contributed by atoms with van der Waals surface area (Å²) in [6, 6.07) is 8.37. The van der Waals surface area contributed by atoms with Gasteiger partial charge >= 0.3 is 0 Å². The third-order valence-electron chi connectivity index (χ3n) is 2.43. The van der Waals surface area contributed by atoms with Crippen LogP contribution in [0.1, 0.15) is 20.8 Å². The van der Waals surface area contributed by atoms with Crippen LogP contribution in [0.25, 0.3) is 0 Å². The van der Waals surface area contributed by atoms with Crippen molar-refractivity contribution in [2.75, 3.05) is 11.9 Å². The Morgan fingerprint density at radius 2 is 1.90 bits per heavy atom. The normalized spacial score (nSPS) is 11.7. The van der Waals surface area contributed by atoms with Gasteiger partial charge in [0.2, 0.25) is 0 Å². The monoisotopic (exact) mass is 273 g/mol. The van der Waals surface area contributed by atoms with E-state index in [0.717, 1.165) is 5.69 Å². The molecule has 5 heteroatoms. The van der Waals surface area contributed by atoms with Gasteiger partial charge < -0.3 is 15.3 Å². The number of hydrogen-bond donors (Lipinski definition) is 2. The van der Waals surface area contributed by atoms with Crippen LogP contribution in [-0.2, 0) is 4.79 Å². The Labute approximate surface area is 119 Å². The Kier molecular flexibility index (Phi) is 4.76.